The van der Waals surface area contributed by atoms with Gasteiger partial charge < -0.3 is 24.7 Å². The molecule has 8 heteroatoms. The number of amides is 2. The van der Waals surface area contributed by atoms with Gasteiger partial charge in [0.05, 0.1) is 43.7 Å². The van der Waals surface area contributed by atoms with Crippen molar-refractivity contribution in [2.75, 3.05) is 13.7 Å². The van der Waals surface area contributed by atoms with Crippen molar-refractivity contribution in [2.45, 2.75) is 51.9 Å². The Morgan fingerprint density at radius 1 is 1.06 bits per heavy atom. The minimum Gasteiger partial charge on any atom is -0.495 e. The average Bonchev–Trinajstić information content (AvgIpc) is 3.30. The predicted molar refractivity (Wildman–Crippen MR) is 132 cm³/mol. The number of rotatable bonds is 9. The molecule has 35 heavy (non-hydrogen) atoms. The fourth-order valence-corrected chi connectivity index (χ4v) is 4.48. The van der Waals surface area contributed by atoms with Gasteiger partial charge in [-0.1, -0.05) is 44.2 Å². The summed E-state index contributed by atoms with van der Waals surface area (Å²) >= 11 is 0. The molecule has 0 bridgehead atoms. The van der Waals surface area contributed by atoms with Crippen molar-refractivity contribution in [1.82, 2.24) is 20.2 Å². The molecule has 3 heterocycles. The molecule has 8 nitrogen and oxygen atoms in total. The number of nitrogens with one attached hydrogen (secondary N) is 2. The molecular formula is C27H32N4O4. The number of aromatic nitrogens is 2. The standard InChI is InChI=1S/C27H32N4O4/c1-4-20(18-10-7-6-8-11-18)29-26(32)19-16-22(31-14-15-35-17-23(19)31)27(33)30-21(5-2)25-24(34-3)12-9-13-28-25/h6-13,16,20-21H,4-5,14-15,17H2,1-3H3,(H,29,32)(H,30,33)/t20-,21?/m1/s1. The zero-order valence-electron chi connectivity index (χ0n) is 20.4. The second-order valence-corrected chi connectivity index (χ2v) is 8.46. The molecule has 0 aliphatic carbocycles. The second kappa shape index (κ2) is 11.2. The van der Waals surface area contributed by atoms with E-state index in [-0.39, 0.29) is 30.5 Å². The van der Waals surface area contributed by atoms with Crippen LogP contribution in [-0.4, -0.2) is 35.1 Å². The highest BCUT2D eigenvalue weighted by Gasteiger charge is 2.28. The van der Waals surface area contributed by atoms with Gasteiger partial charge in [0.2, 0.25) is 0 Å². The lowest BCUT2D eigenvalue weighted by Crippen LogP contribution is -2.32. The van der Waals surface area contributed by atoms with Crippen molar-refractivity contribution in [3.8, 4) is 5.75 Å². The average molecular weight is 477 g/mol. The number of hydrogen-bond acceptors (Lipinski definition) is 5. The van der Waals surface area contributed by atoms with Crippen LogP contribution in [0.5, 0.6) is 5.75 Å². The first-order chi connectivity index (χ1) is 17.1. The SMILES string of the molecule is CCC(NC(=O)c1cc(C(=O)N[C@H](CC)c2ccccc2)c2n1CCOC2)c1ncccc1OC. The van der Waals surface area contributed by atoms with Crippen LogP contribution in [0.15, 0.2) is 54.7 Å². The molecule has 1 aromatic carbocycles. The number of carbonyl (C=O) groups is 2. The monoisotopic (exact) mass is 476 g/mol. The van der Waals surface area contributed by atoms with Crippen molar-refractivity contribution in [3.63, 3.8) is 0 Å². The first kappa shape index (κ1) is 24.5. The van der Waals surface area contributed by atoms with E-state index in [0.29, 0.717) is 48.0 Å². The van der Waals surface area contributed by atoms with Crippen molar-refractivity contribution in [3.05, 3.63) is 82.9 Å². The van der Waals surface area contributed by atoms with E-state index in [4.69, 9.17) is 9.47 Å². The van der Waals surface area contributed by atoms with Crippen molar-refractivity contribution >= 4 is 11.8 Å². The number of nitrogens with zero attached hydrogens (tertiary/aromatic N) is 2. The fourth-order valence-electron chi connectivity index (χ4n) is 4.48. The molecule has 4 rings (SSSR count). The third-order valence-electron chi connectivity index (χ3n) is 6.36. The Balaban J connectivity index is 1.60. The van der Waals surface area contributed by atoms with Crippen LogP contribution in [0.3, 0.4) is 0 Å². The van der Waals surface area contributed by atoms with Crippen LogP contribution in [0, 0.1) is 0 Å². The maximum absolute atomic E-state index is 13.4. The smallest absolute Gasteiger partial charge is 0.268 e. The Kier molecular flexibility index (Phi) is 7.82. The highest BCUT2D eigenvalue weighted by molar-refractivity contribution is 6.01. The van der Waals surface area contributed by atoms with Crippen LogP contribution in [0.2, 0.25) is 0 Å². The molecule has 0 saturated heterocycles. The molecule has 1 aliphatic rings. The summed E-state index contributed by atoms with van der Waals surface area (Å²) in [7, 11) is 1.59. The number of pyridine rings is 1. The summed E-state index contributed by atoms with van der Waals surface area (Å²) in [4.78, 5) is 31.2. The van der Waals surface area contributed by atoms with Gasteiger partial charge in [-0.05, 0) is 36.6 Å². The molecule has 2 amide bonds. The van der Waals surface area contributed by atoms with E-state index in [1.54, 1.807) is 25.4 Å². The van der Waals surface area contributed by atoms with Gasteiger partial charge in [-0.2, -0.15) is 0 Å². The Morgan fingerprint density at radius 2 is 1.80 bits per heavy atom. The largest absolute Gasteiger partial charge is 0.495 e. The number of fused-ring (bicyclic) bond motifs is 1. The zero-order valence-corrected chi connectivity index (χ0v) is 20.4. The van der Waals surface area contributed by atoms with Gasteiger partial charge in [-0.15, -0.1) is 0 Å². The van der Waals surface area contributed by atoms with Gasteiger partial charge >= 0.3 is 0 Å². The summed E-state index contributed by atoms with van der Waals surface area (Å²) in [6, 6.07) is 14.7. The van der Waals surface area contributed by atoms with E-state index in [1.807, 2.05) is 54.8 Å². The first-order valence-electron chi connectivity index (χ1n) is 12.0. The van der Waals surface area contributed by atoms with Crippen LogP contribution >= 0.6 is 0 Å². The Morgan fingerprint density at radius 3 is 2.51 bits per heavy atom. The highest BCUT2D eigenvalue weighted by atomic mass is 16.5. The van der Waals surface area contributed by atoms with Crippen LogP contribution in [0.1, 0.15) is 76.6 Å². The van der Waals surface area contributed by atoms with E-state index < -0.39 is 0 Å². The molecule has 1 unspecified atom stereocenters. The van der Waals surface area contributed by atoms with Crippen LogP contribution in [-0.2, 0) is 17.9 Å². The second-order valence-electron chi connectivity index (χ2n) is 8.46. The zero-order chi connectivity index (χ0) is 24.8. The summed E-state index contributed by atoms with van der Waals surface area (Å²) in [5.74, 6) is 0.145. The summed E-state index contributed by atoms with van der Waals surface area (Å²) in [6.45, 7) is 5.28. The summed E-state index contributed by atoms with van der Waals surface area (Å²) in [5.41, 5.74) is 3.33. The third kappa shape index (κ3) is 5.22. The quantitative estimate of drug-likeness (QED) is 0.483. The minimum atomic E-state index is -0.329. The maximum atomic E-state index is 13.4. The molecule has 3 aromatic rings. The lowest BCUT2D eigenvalue weighted by atomic mass is 10.0. The highest BCUT2D eigenvalue weighted by Crippen LogP contribution is 2.27. The van der Waals surface area contributed by atoms with Gasteiger partial charge in [0.1, 0.15) is 17.1 Å². The van der Waals surface area contributed by atoms with E-state index in [1.165, 1.54) is 0 Å². The van der Waals surface area contributed by atoms with Gasteiger partial charge in [0.15, 0.2) is 0 Å². The number of methoxy groups -OCH3 is 1. The van der Waals surface area contributed by atoms with Gasteiger partial charge in [0.25, 0.3) is 11.8 Å². The molecule has 0 fully saturated rings. The first-order valence-corrected chi connectivity index (χ1v) is 12.0. The molecule has 2 N–H and O–H groups in total. The maximum Gasteiger partial charge on any atom is 0.268 e. The molecule has 0 saturated carbocycles. The van der Waals surface area contributed by atoms with Crippen LogP contribution in [0.25, 0.3) is 0 Å². The number of benzene rings is 1. The van der Waals surface area contributed by atoms with Crippen LogP contribution < -0.4 is 15.4 Å². The summed E-state index contributed by atoms with van der Waals surface area (Å²) in [5, 5.41) is 6.21. The number of carbonyl (C=O) groups excluding carboxylic acids is 2. The van der Waals surface area contributed by atoms with Crippen molar-refractivity contribution in [2.24, 2.45) is 0 Å². The topological polar surface area (TPSA) is 94.5 Å². The van der Waals surface area contributed by atoms with Crippen molar-refractivity contribution in [1.29, 1.82) is 0 Å². The third-order valence-corrected chi connectivity index (χ3v) is 6.36. The molecule has 0 radical (unpaired) electrons. The van der Waals surface area contributed by atoms with Gasteiger partial charge in [0, 0.05) is 12.7 Å². The lowest BCUT2D eigenvalue weighted by Gasteiger charge is -2.22. The van der Waals surface area contributed by atoms with E-state index in [0.717, 1.165) is 12.0 Å². The molecule has 1 aliphatic heterocycles. The van der Waals surface area contributed by atoms with E-state index >= 15 is 0 Å². The molecule has 2 atom stereocenters. The summed E-state index contributed by atoms with van der Waals surface area (Å²) < 4.78 is 13.0. The molecule has 184 valence electrons. The molecule has 2 aromatic heterocycles. The molecular weight excluding hydrogens is 444 g/mol. The summed E-state index contributed by atoms with van der Waals surface area (Å²) in [6.07, 6.45) is 3.07. The fraction of sp³-hybridized carbons (Fsp3) is 0.370. The van der Waals surface area contributed by atoms with E-state index in [9.17, 15) is 9.59 Å². The van der Waals surface area contributed by atoms with Gasteiger partial charge in [-0.3, -0.25) is 14.6 Å². The Bertz CT molecular complexity index is 1180. The van der Waals surface area contributed by atoms with E-state index in [2.05, 4.69) is 15.6 Å². The van der Waals surface area contributed by atoms with Crippen molar-refractivity contribution < 1.29 is 19.1 Å². The minimum absolute atomic E-state index is 0.123. The van der Waals surface area contributed by atoms with Crippen LogP contribution in [0.4, 0.5) is 0 Å². The normalized spacial score (nSPS) is 14.5. The van der Waals surface area contributed by atoms with Gasteiger partial charge in [-0.25, -0.2) is 0 Å². The molecule has 0 spiro atoms. The Hall–Kier alpha value is -3.65. The number of ether oxygens (including phenoxy) is 2. The predicted octanol–water partition coefficient (Wildman–Crippen LogP) is 4.18. The number of hydrogen-bond donors (Lipinski definition) is 2. The Labute approximate surface area is 205 Å². The lowest BCUT2D eigenvalue weighted by molar-refractivity contribution is 0.0773.